The van der Waals surface area contributed by atoms with E-state index in [0.29, 0.717) is 12.1 Å². The molecule has 2 aromatic carbocycles. The summed E-state index contributed by atoms with van der Waals surface area (Å²) in [4.78, 5) is 39.4. The predicted molar refractivity (Wildman–Crippen MR) is 110 cm³/mol. The molecule has 0 spiro atoms. The van der Waals surface area contributed by atoms with Gasteiger partial charge in [-0.05, 0) is 42.9 Å². The third-order valence-corrected chi connectivity index (χ3v) is 5.48. The van der Waals surface area contributed by atoms with Crippen molar-refractivity contribution in [3.8, 4) is 0 Å². The van der Waals surface area contributed by atoms with Gasteiger partial charge in [-0.25, -0.2) is 0 Å². The maximum atomic E-state index is 12.5. The quantitative estimate of drug-likeness (QED) is 0.403. The van der Waals surface area contributed by atoms with Crippen molar-refractivity contribution in [1.29, 1.82) is 0 Å². The van der Waals surface area contributed by atoms with E-state index in [4.69, 9.17) is 4.74 Å². The van der Waals surface area contributed by atoms with Gasteiger partial charge in [-0.1, -0.05) is 30.3 Å². The molecule has 0 fully saturated rings. The molecule has 0 aromatic heterocycles. The van der Waals surface area contributed by atoms with Gasteiger partial charge in [0, 0.05) is 29.1 Å². The highest BCUT2D eigenvalue weighted by atomic mass is 32.2. The topological polar surface area (TPSA) is 63.7 Å². The Kier molecular flexibility index (Phi) is 6.87. The van der Waals surface area contributed by atoms with E-state index in [0.717, 1.165) is 29.0 Å². The van der Waals surface area contributed by atoms with Crippen molar-refractivity contribution < 1.29 is 19.1 Å². The lowest BCUT2D eigenvalue weighted by Gasteiger charge is -2.29. The van der Waals surface area contributed by atoms with Gasteiger partial charge in [-0.2, -0.15) is 0 Å². The normalized spacial score (nSPS) is 13.0. The van der Waals surface area contributed by atoms with Gasteiger partial charge in [-0.3, -0.25) is 14.4 Å². The van der Waals surface area contributed by atoms with Crippen molar-refractivity contribution in [2.24, 2.45) is 0 Å². The summed E-state index contributed by atoms with van der Waals surface area (Å²) in [6.45, 7) is 0.321. The maximum absolute atomic E-state index is 12.5. The molecule has 2 aromatic rings. The smallest absolute Gasteiger partial charge is 0.306 e. The van der Waals surface area contributed by atoms with Gasteiger partial charge in [-0.15, -0.1) is 11.8 Å². The molecule has 1 aliphatic rings. The molecule has 146 valence electrons. The molecule has 1 amide bonds. The lowest BCUT2D eigenvalue weighted by atomic mass is 10.0. The van der Waals surface area contributed by atoms with Crippen LogP contribution in [0, 0.1) is 0 Å². The van der Waals surface area contributed by atoms with Crippen LogP contribution in [0.3, 0.4) is 0 Å². The molecule has 1 aliphatic heterocycles. The zero-order valence-corrected chi connectivity index (χ0v) is 16.7. The zero-order valence-electron chi connectivity index (χ0n) is 15.8. The third-order valence-electron chi connectivity index (χ3n) is 4.74. The lowest BCUT2D eigenvalue weighted by molar-refractivity contribution is -0.147. The van der Waals surface area contributed by atoms with Crippen molar-refractivity contribution in [3.63, 3.8) is 0 Å². The van der Waals surface area contributed by atoms with Crippen molar-refractivity contribution in [2.75, 3.05) is 24.3 Å². The summed E-state index contributed by atoms with van der Waals surface area (Å²) in [5.74, 6) is -0.881. The van der Waals surface area contributed by atoms with Gasteiger partial charge in [0.1, 0.15) is 0 Å². The number of ketones is 1. The SMILES string of the molecule is CSc1ccc(C(=O)CCC(=O)OCC(=O)N2CCCc3ccccc32)cc1. The van der Waals surface area contributed by atoms with E-state index in [1.54, 1.807) is 28.8 Å². The highest BCUT2D eigenvalue weighted by Crippen LogP contribution is 2.26. The zero-order chi connectivity index (χ0) is 19.9. The summed E-state index contributed by atoms with van der Waals surface area (Å²) in [6.07, 6.45) is 3.84. The van der Waals surface area contributed by atoms with Crippen LogP contribution in [0.1, 0.15) is 35.2 Å². The molecule has 1 heterocycles. The fraction of sp³-hybridized carbons (Fsp3) is 0.318. The largest absolute Gasteiger partial charge is 0.456 e. The number of rotatable bonds is 7. The number of para-hydroxylation sites is 1. The molecule has 28 heavy (non-hydrogen) atoms. The molecule has 0 unspecified atom stereocenters. The van der Waals surface area contributed by atoms with E-state index >= 15 is 0 Å². The summed E-state index contributed by atoms with van der Waals surface area (Å²) in [7, 11) is 0. The molecule has 0 N–H and O–H groups in total. The van der Waals surface area contributed by atoms with Gasteiger partial charge < -0.3 is 9.64 Å². The molecule has 0 radical (unpaired) electrons. The molecule has 5 nitrogen and oxygen atoms in total. The van der Waals surface area contributed by atoms with Crippen LogP contribution in [-0.4, -0.2) is 37.1 Å². The molecular weight excluding hydrogens is 374 g/mol. The minimum Gasteiger partial charge on any atom is -0.456 e. The number of hydrogen-bond donors (Lipinski definition) is 0. The number of carbonyl (C=O) groups excluding carboxylic acids is 3. The third kappa shape index (κ3) is 5.01. The first-order valence-corrected chi connectivity index (χ1v) is 10.5. The Labute approximate surface area is 169 Å². The highest BCUT2D eigenvalue weighted by molar-refractivity contribution is 7.98. The van der Waals surface area contributed by atoms with Gasteiger partial charge in [0.2, 0.25) is 0 Å². The van der Waals surface area contributed by atoms with Crippen LogP contribution in [0.2, 0.25) is 0 Å². The number of benzene rings is 2. The highest BCUT2D eigenvalue weighted by Gasteiger charge is 2.23. The van der Waals surface area contributed by atoms with E-state index in [1.807, 2.05) is 42.7 Å². The Morgan fingerprint density at radius 3 is 2.54 bits per heavy atom. The number of ether oxygens (including phenoxy) is 1. The minimum absolute atomic E-state index is 0.0347. The van der Waals surface area contributed by atoms with Gasteiger partial charge >= 0.3 is 5.97 Å². The Balaban J connectivity index is 1.46. The molecule has 0 bridgehead atoms. The molecule has 3 rings (SSSR count). The molecule has 6 heteroatoms. The number of nitrogens with zero attached hydrogens (tertiary/aromatic N) is 1. The molecule has 0 saturated heterocycles. The maximum Gasteiger partial charge on any atom is 0.306 e. The Morgan fingerprint density at radius 2 is 1.79 bits per heavy atom. The summed E-state index contributed by atoms with van der Waals surface area (Å²) >= 11 is 1.60. The minimum atomic E-state index is -0.535. The predicted octanol–water partition coefficient (Wildman–Crippen LogP) is 3.89. The van der Waals surface area contributed by atoms with E-state index in [2.05, 4.69) is 0 Å². The first-order valence-electron chi connectivity index (χ1n) is 9.29. The van der Waals surface area contributed by atoms with Crippen LogP contribution in [0.15, 0.2) is 53.4 Å². The Bertz CT molecular complexity index is 863. The number of hydrogen-bond acceptors (Lipinski definition) is 5. The van der Waals surface area contributed by atoms with Crippen molar-refractivity contribution in [1.82, 2.24) is 0 Å². The second-order valence-corrected chi connectivity index (χ2v) is 7.47. The number of Topliss-reactive ketones (excluding diaryl/α,β-unsaturated/α-hetero) is 1. The van der Waals surface area contributed by atoms with Crippen LogP contribution >= 0.6 is 11.8 Å². The van der Waals surface area contributed by atoms with Crippen molar-refractivity contribution in [2.45, 2.75) is 30.6 Å². The van der Waals surface area contributed by atoms with E-state index in [1.165, 1.54) is 0 Å². The first kappa shape index (κ1) is 20.1. The second kappa shape index (κ2) is 9.55. The number of fused-ring (bicyclic) bond motifs is 1. The van der Waals surface area contributed by atoms with Crippen molar-refractivity contribution in [3.05, 3.63) is 59.7 Å². The summed E-state index contributed by atoms with van der Waals surface area (Å²) in [6, 6.07) is 15.1. The van der Waals surface area contributed by atoms with Crippen LogP contribution in [-0.2, 0) is 20.7 Å². The van der Waals surface area contributed by atoms with Gasteiger partial charge in [0.05, 0.1) is 6.42 Å². The van der Waals surface area contributed by atoms with Crippen molar-refractivity contribution >= 4 is 35.1 Å². The monoisotopic (exact) mass is 397 g/mol. The summed E-state index contributed by atoms with van der Waals surface area (Å²) < 4.78 is 5.11. The number of amides is 1. The lowest BCUT2D eigenvalue weighted by Crippen LogP contribution is -2.38. The number of esters is 1. The average molecular weight is 397 g/mol. The first-order chi connectivity index (χ1) is 13.6. The van der Waals surface area contributed by atoms with E-state index in [9.17, 15) is 14.4 Å². The number of carbonyl (C=O) groups is 3. The van der Waals surface area contributed by atoms with E-state index < -0.39 is 5.97 Å². The van der Waals surface area contributed by atoms with Crippen LogP contribution in [0.4, 0.5) is 5.69 Å². The molecule has 0 atom stereocenters. The number of aryl methyl sites for hydroxylation is 1. The van der Waals surface area contributed by atoms with Crippen LogP contribution in [0.5, 0.6) is 0 Å². The number of anilines is 1. The fourth-order valence-electron chi connectivity index (χ4n) is 3.22. The van der Waals surface area contributed by atoms with E-state index in [-0.39, 0.29) is 31.1 Å². The standard InChI is InChI=1S/C22H23NO4S/c1-28-18-10-8-17(9-11-18)20(24)12-13-22(26)27-15-21(25)23-14-4-6-16-5-2-3-7-19(16)23/h2-3,5,7-11H,4,6,12-15H2,1H3. The summed E-state index contributed by atoms with van der Waals surface area (Å²) in [5.41, 5.74) is 2.59. The fourth-order valence-corrected chi connectivity index (χ4v) is 3.63. The molecular formula is C22H23NO4S. The Hall–Kier alpha value is -2.60. The average Bonchev–Trinajstić information content (AvgIpc) is 2.75. The van der Waals surface area contributed by atoms with Gasteiger partial charge in [0.25, 0.3) is 5.91 Å². The molecule has 0 saturated carbocycles. The number of thioether (sulfide) groups is 1. The Morgan fingerprint density at radius 1 is 1.04 bits per heavy atom. The van der Waals surface area contributed by atoms with Gasteiger partial charge in [0.15, 0.2) is 12.4 Å². The van der Waals surface area contributed by atoms with Crippen LogP contribution in [0.25, 0.3) is 0 Å². The van der Waals surface area contributed by atoms with Crippen LogP contribution < -0.4 is 4.90 Å². The summed E-state index contributed by atoms with van der Waals surface area (Å²) in [5, 5.41) is 0. The molecule has 0 aliphatic carbocycles. The second-order valence-electron chi connectivity index (χ2n) is 6.59.